The fourth-order valence-corrected chi connectivity index (χ4v) is 4.54. The van der Waals surface area contributed by atoms with E-state index in [-0.39, 0.29) is 16.4 Å². The van der Waals surface area contributed by atoms with Gasteiger partial charge in [-0.1, -0.05) is 18.9 Å². The molecule has 0 spiro atoms. The summed E-state index contributed by atoms with van der Waals surface area (Å²) in [7, 11) is -1.02. The highest BCUT2D eigenvalue weighted by Crippen LogP contribution is 2.38. The number of ether oxygens (including phenoxy) is 2. The van der Waals surface area contributed by atoms with Crippen LogP contribution in [0.3, 0.4) is 0 Å². The Hall–Kier alpha value is -2.06. The molecular formula is C17H22NO6S-. The van der Waals surface area contributed by atoms with E-state index >= 15 is 0 Å². The molecule has 0 saturated carbocycles. The van der Waals surface area contributed by atoms with Crippen molar-refractivity contribution in [1.29, 1.82) is 0 Å². The second-order valence-corrected chi connectivity index (χ2v) is 7.63. The van der Waals surface area contributed by atoms with Crippen LogP contribution < -0.4 is 14.6 Å². The standard InChI is InChI=1S/C17H23NO6S/c1-23-14-11-13(7-8-16(19)20)12-15(17(14)24-2)25(21,22)18-9-5-3-4-6-10-18/h7-8,11-12H,3-6,9-10H2,1-2H3,(H,19,20)/p-1. The average molecular weight is 368 g/mol. The molecule has 1 aromatic carbocycles. The molecule has 0 amide bonds. The second-order valence-electron chi connectivity index (χ2n) is 5.73. The molecule has 1 aliphatic rings. The van der Waals surface area contributed by atoms with Crippen LogP contribution in [0.5, 0.6) is 11.5 Å². The minimum Gasteiger partial charge on any atom is -0.545 e. The van der Waals surface area contributed by atoms with E-state index in [1.54, 1.807) is 0 Å². The topological polar surface area (TPSA) is 96.0 Å². The van der Waals surface area contributed by atoms with E-state index in [2.05, 4.69) is 0 Å². The Bertz CT molecular complexity index is 749. The van der Waals surface area contributed by atoms with Crippen molar-refractivity contribution in [2.24, 2.45) is 0 Å². The van der Waals surface area contributed by atoms with Gasteiger partial charge in [0.1, 0.15) is 4.90 Å². The number of carboxylic acid groups (broad SMARTS) is 1. The van der Waals surface area contributed by atoms with Crippen LogP contribution in [0, 0.1) is 0 Å². The molecule has 1 aromatic rings. The average Bonchev–Trinajstić information content (AvgIpc) is 2.88. The van der Waals surface area contributed by atoms with Crippen LogP contribution in [-0.4, -0.2) is 46.0 Å². The van der Waals surface area contributed by atoms with Crippen molar-refractivity contribution in [3.63, 3.8) is 0 Å². The number of carbonyl (C=O) groups excluding carboxylic acids is 1. The molecule has 0 N–H and O–H groups in total. The number of sulfonamides is 1. The second kappa shape index (κ2) is 8.35. The first-order chi connectivity index (χ1) is 11.9. The zero-order chi connectivity index (χ0) is 18.4. The highest BCUT2D eigenvalue weighted by molar-refractivity contribution is 7.89. The normalized spacial score (nSPS) is 16.6. The number of methoxy groups -OCH3 is 2. The largest absolute Gasteiger partial charge is 0.545 e. The lowest BCUT2D eigenvalue weighted by molar-refractivity contribution is -0.297. The molecule has 1 saturated heterocycles. The SMILES string of the molecule is COc1cc(C=CC(=O)[O-])cc(S(=O)(=O)N2CCCCCC2)c1OC. The molecule has 1 aliphatic heterocycles. The van der Waals surface area contributed by atoms with E-state index in [0.29, 0.717) is 18.7 Å². The summed E-state index contributed by atoms with van der Waals surface area (Å²) >= 11 is 0. The smallest absolute Gasteiger partial charge is 0.246 e. The highest BCUT2D eigenvalue weighted by Gasteiger charge is 2.30. The molecule has 0 aromatic heterocycles. The Morgan fingerprint density at radius 1 is 1.12 bits per heavy atom. The number of carbonyl (C=O) groups is 1. The Kier molecular flexibility index (Phi) is 6.44. The number of aliphatic carboxylic acids is 1. The minimum absolute atomic E-state index is 0.0331. The zero-order valence-corrected chi connectivity index (χ0v) is 15.2. The lowest BCUT2D eigenvalue weighted by Crippen LogP contribution is -2.32. The van der Waals surface area contributed by atoms with Crippen LogP contribution >= 0.6 is 0 Å². The molecule has 138 valence electrons. The summed E-state index contributed by atoms with van der Waals surface area (Å²) in [6.07, 6.45) is 5.72. The molecule has 25 heavy (non-hydrogen) atoms. The molecule has 7 nitrogen and oxygen atoms in total. The van der Waals surface area contributed by atoms with Crippen molar-refractivity contribution in [2.45, 2.75) is 30.6 Å². The van der Waals surface area contributed by atoms with E-state index in [0.717, 1.165) is 31.8 Å². The fraction of sp³-hybridized carbons (Fsp3) is 0.471. The lowest BCUT2D eigenvalue weighted by atomic mass is 10.2. The van der Waals surface area contributed by atoms with E-state index < -0.39 is 16.0 Å². The first-order valence-corrected chi connectivity index (χ1v) is 9.49. The molecule has 0 aliphatic carbocycles. The van der Waals surface area contributed by atoms with Gasteiger partial charge in [0, 0.05) is 13.1 Å². The summed E-state index contributed by atoms with van der Waals surface area (Å²) < 4.78 is 38.2. The van der Waals surface area contributed by atoms with Crippen molar-refractivity contribution < 1.29 is 27.8 Å². The third-order valence-electron chi connectivity index (χ3n) is 4.06. The summed E-state index contributed by atoms with van der Waals surface area (Å²) in [5, 5.41) is 10.6. The van der Waals surface area contributed by atoms with Crippen LogP contribution in [-0.2, 0) is 14.8 Å². The van der Waals surface area contributed by atoms with Crippen molar-refractivity contribution >= 4 is 22.1 Å². The van der Waals surface area contributed by atoms with Gasteiger partial charge in [-0.2, -0.15) is 4.31 Å². The van der Waals surface area contributed by atoms with Crippen LogP contribution in [0.2, 0.25) is 0 Å². The molecule has 1 heterocycles. The van der Waals surface area contributed by atoms with Crippen LogP contribution in [0.25, 0.3) is 6.08 Å². The molecule has 1 fully saturated rings. The maximum absolute atomic E-state index is 13.1. The zero-order valence-electron chi connectivity index (χ0n) is 14.4. The predicted octanol–water partition coefficient (Wildman–Crippen LogP) is 1.03. The third-order valence-corrected chi connectivity index (χ3v) is 5.97. The number of nitrogens with zero attached hydrogens (tertiary/aromatic N) is 1. The summed E-state index contributed by atoms with van der Waals surface area (Å²) in [6, 6.07) is 2.90. The van der Waals surface area contributed by atoms with Crippen LogP contribution in [0.1, 0.15) is 31.2 Å². The summed E-state index contributed by atoms with van der Waals surface area (Å²) in [6.45, 7) is 0.903. The van der Waals surface area contributed by atoms with E-state index in [4.69, 9.17) is 9.47 Å². The predicted molar refractivity (Wildman–Crippen MR) is 90.8 cm³/mol. The quantitative estimate of drug-likeness (QED) is 0.696. The molecule has 2 rings (SSSR count). The molecular weight excluding hydrogens is 346 g/mol. The first-order valence-electron chi connectivity index (χ1n) is 8.05. The monoisotopic (exact) mass is 368 g/mol. The van der Waals surface area contributed by atoms with E-state index in [9.17, 15) is 18.3 Å². The number of benzene rings is 1. The molecule has 0 unspecified atom stereocenters. The summed E-state index contributed by atoms with van der Waals surface area (Å²) in [5.74, 6) is -1.04. The maximum Gasteiger partial charge on any atom is 0.246 e. The van der Waals surface area contributed by atoms with Crippen molar-refractivity contribution in [3.05, 3.63) is 23.8 Å². The van der Waals surface area contributed by atoms with Gasteiger partial charge in [-0.05, 0) is 36.6 Å². The highest BCUT2D eigenvalue weighted by atomic mass is 32.2. The minimum atomic E-state index is -3.79. The molecule has 0 radical (unpaired) electrons. The number of rotatable bonds is 6. The Morgan fingerprint density at radius 2 is 1.76 bits per heavy atom. The van der Waals surface area contributed by atoms with Crippen LogP contribution in [0.15, 0.2) is 23.1 Å². The van der Waals surface area contributed by atoms with Crippen molar-refractivity contribution in [2.75, 3.05) is 27.3 Å². The van der Waals surface area contributed by atoms with Crippen molar-refractivity contribution in [3.8, 4) is 11.5 Å². The molecule has 8 heteroatoms. The van der Waals surface area contributed by atoms with Gasteiger partial charge in [0.05, 0.1) is 20.2 Å². The maximum atomic E-state index is 13.1. The Morgan fingerprint density at radius 3 is 2.28 bits per heavy atom. The molecule has 0 atom stereocenters. The van der Waals surface area contributed by atoms with Gasteiger partial charge < -0.3 is 19.4 Å². The van der Waals surface area contributed by atoms with Gasteiger partial charge in [-0.3, -0.25) is 0 Å². The van der Waals surface area contributed by atoms with Gasteiger partial charge in [0.2, 0.25) is 10.0 Å². The molecule has 0 bridgehead atoms. The van der Waals surface area contributed by atoms with Crippen molar-refractivity contribution in [1.82, 2.24) is 4.31 Å². The number of hydrogen-bond acceptors (Lipinski definition) is 6. The first kappa shape index (κ1) is 19.3. The Labute approximate surface area is 147 Å². The fourth-order valence-electron chi connectivity index (χ4n) is 2.82. The number of hydrogen-bond donors (Lipinski definition) is 0. The van der Waals surface area contributed by atoms with Crippen LogP contribution in [0.4, 0.5) is 0 Å². The van der Waals surface area contributed by atoms with E-state index in [1.165, 1.54) is 36.7 Å². The number of carboxylic acids is 1. The Balaban J connectivity index is 2.56. The van der Waals surface area contributed by atoms with E-state index in [1.807, 2.05) is 0 Å². The van der Waals surface area contributed by atoms with Gasteiger partial charge in [-0.25, -0.2) is 8.42 Å². The van der Waals surface area contributed by atoms with Gasteiger partial charge >= 0.3 is 0 Å². The summed E-state index contributed by atoms with van der Waals surface area (Å²) in [5.41, 5.74) is 0.371. The lowest BCUT2D eigenvalue weighted by Gasteiger charge is -2.22. The van der Waals surface area contributed by atoms with Gasteiger partial charge in [0.25, 0.3) is 0 Å². The van der Waals surface area contributed by atoms with Gasteiger partial charge in [-0.15, -0.1) is 0 Å². The van der Waals surface area contributed by atoms with Gasteiger partial charge in [0.15, 0.2) is 11.5 Å². The summed E-state index contributed by atoms with van der Waals surface area (Å²) in [4.78, 5) is 10.6. The third kappa shape index (κ3) is 4.52.